The number of aromatic nitrogens is 4. The van der Waals surface area contributed by atoms with E-state index in [1.54, 1.807) is 61.4 Å². The van der Waals surface area contributed by atoms with Crippen LogP contribution in [0.4, 0.5) is 5.95 Å². The number of aromatic hydroxyl groups is 1. The third kappa shape index (κ3) is 4.90. The van der Waals surface area contributed by atoms with Gasteiger partial charge in [0.25, 0.3) is 11.5 Å². The van der Waals surface area contributed by atoms with Gasteiger partial charge in [-0.05, 0) is 60.2 Å². The summed E-state index contributed by atoms with van der Waals surface area (Å²) in [7, 11) is 3.16. The highest BCUT2D eigenvalue weighted by atomic mass is 32.1. The smallest absolute Gasteiger partial charge is 0.267 e. The molecular weight excluding hydrogens is 542 g/mol. The zero-order chi connectivity index (χ0) is 28.5. The number of amides is 1. The number of carbonyl (C=O) groups excluding carboxylic acids is 1. The number of nitrogens with one attached hydrogen (secondary N) is 2. The molecule has 41 heavy (non-hydrogen) atoms. The third-order valence-electron chi connectivity index (χ3n) is 6.46. The minimum Gasteiger partial charge on any atom is -0.506 e. The van der Waals surface area contributed by atoms with Gasteiger partial charge in [0, 0.05) is 10.4 Å². The van der Waals surface area contributed by atoms with Gasteiger partial charge in [-0.1, -0.05) is 30.3 Å². The van der Waals surface area contributed by atoms with Crippen molar-refractivity contribution < 1.29 is 19.4 Å². The van der Waals surface area contributed by atoms with Crippen molar-refractivity contribution in [3.05, 3.63) is 101 Å². The summed E-state index contributed by atoms with van der Waals surface area (Å²) in [5.74, 6) is 0.475. The molecule has 3 aromatic carbocycles. The number of carbonyl (C=O) groups is 1. The van der Waals surface area contributed by atoms with Crippen LogP contribution < -0.4 is 20.3 Å². The van der Waals surface area contributed by atoms with Crippen LogP contribution in [0.25, 0.3) is 37.7 Å². The molecule has 1 amide bonds. The second-order valence-corrected chi connectivity index (χ2v) is 10.0. The number of H-pyrrole nitrogens is 1. The number of hydrogen-bond donors (Lipinski definition) is 3. The molecule has 3 heterocycles. The van der Waals surface area contributed by atoms with Crippen LogP contribution in [0.3, 0.4) is 0 Å². The number of methoxy groups -OCH3 is 2. The largest absolute Gasteiger partial charge is 0.506 e. The normalized spacial score (nSPS) is 11.0. The molecule has 0 bridgehead atoms. The van der Waals surface area contributed by atoms with Gasteiger partial charge >= 0.3 is 0 Å². The van der Waals surface area contributed by atoms with Crippen molar-refractivity contribution >= 4 is 33.4 Å². The zero-order valence-electron chi connectivity index (χ0n) is 21.9. The molecule has 0 saturated carbocycles. The summed E-state index contributed by atoms with van der Waals surface area (Å²) in [6.45, 7) is 0. The molecule has 0 aliphatic rings. The van der Waals surface area contributed by atoms with E-state index < -0.39 is 22.8 Å². The second kappa shape index (κ2) is 10.6. The van der Waals surface area contributed by atoms with E-state index in [-0.39, 0.29) is 5.95 Å². The Morgan fingerprint density at radius 2 is 1.59 bits per heavy atom. The SMILES string of the molecule is COc1ccc(-c2nc(NC(=O)c3c(O)c4cc(-c5ccccc5)sc4[nH]c3=O)nn2-c2ccc(OC)cc2)cc1. The first kappa shape index (κ1) is 25.8. The Morgan fingerprint density at radius 1 is 0.927 bits per heavy atom. The fraction of sp³-hybridized carbons (Fsp3) is 0.0667. The van der Waals surface area contributed by atoms with Crippen LogP contribution in [-0.2, 0) is 0 Å². The maximum absolute atomic E-state index is 13.3. The Hall–Kier alpha value is -5.42. The Morgan fingerprint density at radius 3 is 2.24 bits per heavy atom. The lowest BCUT2D eigenvalue weighted by molar-refractivity contribution is 0.102. The summed E-state index contributed by atoms with van der Waals surface area (Å²) in [5.41, 5.74) is 1.15. The first-order valence-electron chi connectivity index (χ1n) is 12.5. The number of rotatable bonds is 7. The summed E-state index contributed by atoms with van der Waals surface area (Å²) in [4.78, 5) is 34.8. The lowest BCUT2D eigenvalue weighted by atomic mass is 10.1. The zero-order valence-corrected chi connectivity index (χ0v) is 22.7. The molecular formula is C30H23N5O5S. The predicted molar refractivity (Wildman–Crippen MR) is 157 cm³/mol. The minimum atomic E-state index is -0.841. The van der Waals surface area contributed by atoms with Gasteiger partial charge in [0.05, 0.1) is 25.3 Å². The van der Waals surface area contributed by atoms with Gasteiger partial charge in [0.15, 0.2) is 5.82 Å². The van der Waals surface area contributed by atoms with Gasteiger partial charge in [-0.15, -0.1) is 16.4 Å². The lowest BCUT2D eigenvalue weighted by Crippen LogP contribution is -2.23. The second-order valence-electron chi connectivity index (χ2n) is 8.95. The van der Waals surface area contributed by atoms with Crippen molar-refractivity contribution in [2.75, 3.05) is 19.5 Å². The fourth-order valence-corrected chi connectivity index (χ4v) is 5.44. The average molecular weight is 566 g/mol. The quantitative estimate of drug-likeness (QED) is 0.234. The molecule has 0 fully saturated rings. The van der Waals surface area contributed by atoms with Gasteiger partial charge in [0.1, 0.15) is 27.6 Å². The maximum Gasteiger partial charge on any atom is 0.267 e. The number of fused-ring (bicyclic) bond motifs is 1. The molecule has 11 heteroatoms. The molecule has 3 aromatic heterocycles. The molecule has 0 atom stereocenters. The van der Waals surface area contributed by atoms with Crippen LogP contribution in [0.5, 0.6) is 17.2 Å². The molecule has 6 rings (SSSR count). The van der Waals surface area contributed by atoms with Crippen LogP contribution in [0.15, 0.2) is 89.7 Å². The van der Waals surface area contributed by atoms with E-state index in [1.165, 1.54) is 11.3 Å². The first-order valence-corrected chi connectivity index (χ1v) is 13.3. The maximum atomic E-state index is 13.3. The summed E-state index contributed by atoms with van der Waals surface area (Å²) in [5, 5.41) is 18.5. The van der Waals surface area contributed by atoms with E-state index in [9.17, 15) is 14.7 Å². The lowest BCUT2D eigenvalue weighted by Gasteiger charge is -2.07. The van der Waals surface area contributed by atoms with Gasteiger partial charge in [-0.2, -0.15) is 4.98 Å². The van der Waals surface area contributed by atoms with Crippen molar-refractivity contribution in [1.82, 2.24) is 19.7 Å². The van der Waals surface area contributed by atoms with E-state index in [4.69, 9.17) is 9.47 Å². The highest BCUT2D eigenvalue weighted by Crippen LogP contribution is 2.37. The van der Waals surface area contributed by atoms with E-state index >= 15 is 0 Å². The summed E-state index contributed by atoms with van der Waals surface area (Å²) in [6.07, 6.45) is 0. The molecule has 6 aromatic rings. The number of anilines is 1. The molecule has 0 radical (unpaired) electrons. The van der Waals surface area contributed by atoms with Gasteiger partial charge in [0.2, 0.25) is 5.95 Å². The van der Waals surface area contributed by atoms with Gasteiger partial charge in [-0.25, -0.2) is 4.68 Å². The topological polar surface area (TPSA) is 131 Å². The summed E-state index contributed by atoms with van der Waals surface area (Å²) < 4.78 is 12.1. The molecule has 0 unspecified atom stereocenters. The van der Waals surface area contributed by atoms with Crippen molar-refractivity contribution in [3.8, 4) is 44.8 Å². The fourth-order valence-electron chi connectivity index (χ4n) is 4.38. The molecule has 0 aliphatic heterocycles. The molecule has 10 nitrogen and oxygen atoms in total. The number of ether oxygens (including phenoxy) is 2. The highest BCUT2D eigenvalue weighted by Gasteiger charge is 2.23. The van der Waals surface area contributed by atoms with E-state index in [0.29, 0.717) is 38.8 Å². The number of aromatic amines is 1. The number of thiophene rings is 1. The molecule has 0 spiro atoms. The number of nitrogens with zero attached hydrogens (tertiary/aromatic N) is 3. The minimum absolute atomic E-state index is 0.0502. The number of pyridine rings is 1. The van der Waals surface area contributed by atoms with E-state index in [0.717, 1.165) is 10.4 Å². The van der Waals surface area contributed by atoms with Crippen molar-refractivity contribution in [3.63, 3.8) is 0 Å². The van der Waals surface area contributed by atoms with Crippen LogP contribution >= 0.6 is 11.3 Å². The van der Waals surface area contributed by atoms with Crippen LogP contribution in [0.2, 0.25) is 0 Å². The van der Waals surface area contributed by atoms with Crippen molar-refractivity contribution in [2.45, 2.75) is 0 Å². The first-order chi connectivity index (χ1) is 19.9. The molecule has 0 aliphatic carbocycles. The van der Waals surface area contributed by atoms with Gasteiger partial charge in [-0.3, -0.25) is 14.9 Å². The predicted octanol–water partition coefficient (Wildman–Crippen LogP) is 5.48. The van der Waals surface area contributed by atoms with Crippen molar-refractivity contribution in [1.29, 1.82) is 0 Å². The molecule has 3 N–H and O–H groups in total. The Kier molecular flexibility index (Phi) is 6.70. The summed E-state index contributed by atoms with van der Waals surface area (Å²) >= 11 is 1.32. The van der Waals surface area contributed by atoms with Crippen LogP contribution in [0, 0.1) is 0 Å². The summed E-state index contributed by atoms with van der Waals surface area (Å²) in [6, 6.07) is 25.7. The van der Waals surface area contributed by atoms with Gasteiger partial charge < -0.3 is 19.6 Å². The number of benzene rings is 3. The standard InChI is InChI=1S/C30H23N5O5S/c1-39-20-12-8-18(9-13-20)26-31-30(34-35(26)19-10-14-21(40-2)15-11-19)33-28(38)24-25(36)22-16-23(17-6-4-3-5-7-17)41-29(22)32-27(24)37/h3-16H,1-2H3,(H2,32,36,37)(H,33,34,38). The van der Waals surface area contributed by atoms with E-state index in [2.05, 4.69) is 20.4 Å². The van der Waals surface area contributed by atoms with E-state index in [1.807, 2.05) is 42.5 Å². The third-order valence-corrected chi connectivity index (χ3v) is 7.56. The average Bonchev–Trinajstić information content (AvgIpc) is 3.62. The number of hydrogen-bond acceptors (Lipinski definition) is 8. The highest BCUT2D eigenvalue weighted by molar-refractivity contribution is 7.21. The Balaban J connectivity index is 1.38. The molecule has 0 saturated heterocycles. The Labute approximate surface area is 237 Å². The van der Waals surface area contributed by atoms with Crippen LogP contribution in [0.1, 0.15) is 10.4 Å². The monoisotopic (exact) mass is 565 g/mol. The molecule has 204 valence electrons. The van der Waals surface area contributed by atoms with Crippen molar-refractivity contribution in [2.24, 2.45) is 0 Å². The Bertz CT molecular complexity index is 1860. The van der Waals surface area contributed by atoms with Crippen LogP contribution in [-0.4, -0.2) is 45.0 Å².